The third-order valence-electron chi connectivity index (χ3n) is 2.40. The highest BCUT2D eigenvalue weighted by Crippen LogP contribution is 2.29. The van der Waals surface area contributed by atoms with Crippen LogP contribution in [0.5, 0.6) is 5.88 Å². The second-order valence-corrected chi connectivity index (χ2v) is 5.37. The molecule has 5 nitrogen and oxygen atoms in total. The third-order valence-corrected chi connectivity index (χ3v) is 3.63. The molecule has 0 aliphatic heterocycles. The van der Waals surface area contributed by atoms with Gasteiger partial charge in [-0.2, -0.15) is 5.10 Å². The number of ether oxygens (including phenoxy) is 1. The molecule has 7 heteroatoms. The Hall–Kier alpha value is -1.53. The number of hydrogen-bond donors (Lipinski definition) is 1. The molecule has 0 aromatic carbocycles. The molecule has 0 saturated heterocycles. The summed E-state index contributed by atoms with van der Waals surface area (Å²) in [5, 5.41) is 6.97. The molecule has 2 aromatic rings. The largest absolute Gasteiger partial charge is 0.480 e. The molecule has 1 amide bonds. The lowest BCUT2D eigenvalue weighted by molar-refractivity contribution is 0.103. The van der Waals surface area contributed by atoms with Crippen molar-refractivity contribution in [3.8, 4) is 5.88 Å². The average Bonchev–Trinajstić information content (AvgIpc) is 2.84. The number of nitrogens with zero attached hydrogens (tertiary/aromatic N) is 2. The van der Waals surface area contributed by atoms with E-state index in [-0.39, 0.29) is 5.91 Å². The molecule has 18 heavy (non-hydrogen) atoms. The van der Waals surface area contributed by atoms with Crippen LogP contribution in [0.25, 0.3) is 0 Å². The number of halogens is 1. The summed E-state index contributed by atoms with van der Waals surface area (Å²) >= 11 is 7.03. The van der Waals surface area contributed by atoms with Crippen LogP contribution in [0, 0.1) is 6.92 Å². The lowest BCUT2D eigenvalue weighted by atomic mass is 10.3. The van der Waals surface area contributed by atoms with Crippen LogP contribution < -0.4 is 10.1 Å². The maximum atomic E-state index is 12.0. The smallest absolute Gasteiger partial charge is 0.265 e. The van der Waals surface area contributed by atoms with Crippen LogP contribution in [0.15, 0.2) is 12.1 Å². The van der Waals surface area contributed by atoms with E-state index < -0.39 is 0 Å². The number of amides is 1. The highest BCUT2D eigenvalue weighted by atomic mass is 35.5. The Bertz CT molecular complexity index is 591. The molecule has 0 radical (unpaired) electrons. The quantitative estimate of drug-likeness (QED) is 0.943. The van der Waals surface area contributed by atoms with Gasteiger partial charge in [-0.05, 0) is 19.1 Å². The summed E-state index contributed by atoms with van der Waals surface area (Å²) in [5.74, 6) is 0.296. The Morgan fingerprint density at radius 1 is 1.56 bits per heavy atom. The van der Waals surface area contributed by atoms with Gasteiger partial charge in [-0.25, -0.2) is 4.68 Å². The number of rotatable bonds is 3. The summed E-state index contributed by atoms with van der Waals surface area (Å²) in [6.45, 7) is 1.81. The van der Waals surface area contributed by atoms with Crippen molar-refractivity contribution in [1.82, 2.24) is 9.78 Å². The monoisotopic (exact) mass is 285 g/mol. The topological polar surface area (TPSA) is 56.1 Å². The van der Waals surface area contributed by atoms with E-state index in [1.54, 1.807) is 30.8 Å². The molecule has 0 aliphatic carbocycles. The number of methoxy groups -OCH3 is 1. The predicted molar refractivity (Wildman–Crippen MR) is 71.8 cm³/mol. The van der Waals surface area contributed by atoms with E-state index in [2.05, 4.69) is 10.4 Å². The Labute approximate surface area is 113 Å². The minimum atomic E-state index is -0.221. The van der Waals surface area contributed by atoms with Crippen LogP contribution >= 0.6 is 22.9 Å². The molecule has 2 rings (SSSR count). The van der Waals surface area contributed by atoms with Gasteiger partial charge >= 0.3 is 0 Å². The first-order chi connectivity index (χ1) is 8.52. The zero-order valence-corrected chi connectivity index (χ0v) is 11.7. The number of nitrogens with one attached hydrogen (secondary N) is 1. The Morgan fingerprint density at radius 3 is 2.83 bits per heavy atom. The normalized spacial score (nSPS) is 10.4. The van der Waals surface area contributed by atoms with Gasteiger partial charge < -0.3 is 10.1 Å². The van der Waals surface area contributed by atoms with Crippen LogP contribution in [0.4, 0.5) is 5.69 Å². The predicted octanol–water partition coefficient (Wildman–Crippen LogP) is 2.70. The molecule has 0 spiro atoms. The fourth-order valence-corrected chi connectivity index (χ4v) is 2.56. The highest BCUT2D eigenvalue weighted by molar-refractivity contribution is 7.18. The minimum Gasteiger partial charge on any atom is -0.480 e. The van der Waals surface area contributed by atoms with Crippen molar-refractivity contribution in [2.24, 2.45) is 7.05 Å². The fraction of sp³-hybridized carbons (Fsp3) is 0.273. The van der Waals surface area contributed by atoms with Crippen molar-refractivity contribution < 1.29 is 9.53 Å². The number of aromatic nitrogens is 2. The second kappa shape index (κ2) is 4.99. The summed E-state index contributed by atoms with van der Waals surface area (Å²) < 4.78 is 7.36. The SMILES string of the molecule is COc1c(NC(=O)c2ccc(Cl)s2)c(C)nn1C. The van der Waals surface area contributed by atoms with Crippen molar-refractivity contribution in [3.63, 3.8) is 0 Å². The van der Waals surface area contributed by atoms with Gasteiger partial charge in [-0.15, -0.1) is 11.3 Å². The van der Waals surface area contributed by atoms with Gasteiger partial charge in [0.2, 0.25) is 5.88 Å². The molecule has 0 aliphatic rings. The van der Waals surface area contributed by atoms with Crippen LogP contribution in [-0.2, 0) is 7.05 Å². The van der Waals surface area contributed by atoms with Crippen molar-refractivity contribution in [2.75, 3.05) is 12.4 Å². The van der Waals surface area contributed by atoms with E-state index in [1.165, 1.54) is 18.4 Å². The Balaban J connectivity index is 2.27. The number of carbonyl (C=O) groups is 1. The number of carbonyl (C=O) groups excluding carboxylic acids is 1. The van der Waals surface area contributed by atoms with Gasteiger partial charge in [0, 0.05) is 7.05 Å². The Kier molecular flexibility index (Phi) is 3.58. The summed E-state index contributed by atoms with van der Waals surface area (Å²) in [6.07, 6.45) is 0. The minimum absolute atomic E-state index is 0.221. The molecular weight excluding hydrogens is 274 g/mol. The van der Waals surface area contributed by atoms with E-state index in [9.17, 15) is 4.79 Å². The van der Waals surface area contributed by atoms with Crippen molar-refractivity contribution in [1.29, 1.82) is 0 Å². The molecule has 96 valence electrons. The van der Waals surface area contributed by atoms with Gasteiger partial charge in [0.05, 0.1) is 22.0 Å². The van der Waals surface area contributed by atoms with Crippen LogP contribution in [-0.4, -0.2) is 22.8 Å². The van der Waals surface area contributed by atoms with Crippen molar-refractivity contribution >= 4 is 34.5 Å². The van der Waals surface area contributed by atoms with Crippen molar-refractivity contribution in [3.05, 3.63) is 27.0 Å². The van der Waals surface area contributed by atoms with Gasteiger partial charge in [-0.1, -0.05) is 11.6 Å². The summed E-state index contributed by atoms with van der Waals surface area (Å²) in [5.41, 5.74) is 1.28. The lowest BCUT2D eigenvalue weighted by Crippen LogP contribution is -2.11. The van der Waals surface area contributed by atoms with Crippen LogP contribution in [0.3, 0.4) is 0 Å². The molecule has 0 atom stereocenters. The molecular formula is C11H12ClN3O2S. The standard InChI is InChI=1S/C11H12ClN3O2S/c1-6-9(11(17-3)15(2)14-6)13-10(16)7-4-5-8(12)18-7/h4-5H,1-3H3,(H,13,16). The third kappa shape index (κ3) is 2.34. The van der Waals surface area contributed by atoms with Gasteiger partial charge in [-0.3, -0.25) is 4.79 Å². The van der Waals surface area contributed by atoms with Crippen LogP contribution in [0.1, 0.15) is 15.4 Å². The van der Waals surface area contributed by atoms with Gasteiger partial charge in [0.15, 0.2) is 0 Å². The van der Waals surface area contributed by atoms with E-state index in [4.69, 9.17) is 16.3 Å². The molecule has 2 aromatic heterocycles. The molecule has 0 fully saturated rings. The first-order valence-corrected chi connectivity index (χ1v) is 6.36. The first kappa shape index (κ1) is 12.9. The summed E-state index contributed by atoms with van der Waals surface area (Å²) in [4.78, 5) is 12.6. The van der Waals surface area contributed by atoms with Gasteiger partial charge in [0.1, 0.15) is 5.69 Å². The first-order valence-electron chi connectivity index (χ1n) is 5.17. The number of thiophene rings is 1. The number of hydrogen-bond acceptors (Lipinski definition) is 4. The highest BCUT2D eigenvalue weighted by Gasteiger charge is 2.18. The summed E-state index contributed by atoms with van der Waals surface area (Å²) in [6, 6.07) is 3.37. The molecule has 0 saturated carbocycles. The maximum Gasteiger partial charge on any atom is 0.265 e. The molecule has 1 N–H and O–H groups in total. The summed E-state index contributed by atoms with van der Waals surface area (Å²) in [7, 11) is 3.29. The lowest BCUT2D eigenvalue weighted by Gasteiger charge is -2.05. The number of anilines is 1. The maximum absolute atomic E-state index is 12.0. The second-order valence-electron chi connectivity index (χ2n) is 3.65. The molecule has 0 unspecified atom stereocenters. The molecule has 0 bridgehead atoms. The Morgan fingerprint density at radius 2 is 2.28 bits per heavy atom. The number of aryl methyl sites for hydroxylation is 2. The molecule has 2 heterocycles. The van der Waals surface area contributed by atoms with E-state index in [1.807, 2.05) is 0 Å². The zero-order valence-electron chi connectivity index (χ0n) is 10.2. The van der Waals surface area contributed by atoms with Gasteiger partial charge in [0.25, 0.3) is 5.91 Å². The average molecular weight is 286 g/mol. The zero-order chi connectivity index (χ0) is 13.3. The van der Waals surface area contributed by atoms with Crippen molar-refractivity contribution in [2.45, 2.75) is 6.92 Å². The van der Waals surface area contributed by atoms with E-state index in [0.29, 0.717) is 26.5 Å². The van der Waals surface area contributed by atoms with E-state index in [0.717, 1.165) is 0 Å². The van der Waals surface area contributed by atoms with Crippen LogP contribution in [0.2, 0.25) is 4.34 Å². The van der Waals surface area contributed by atoms with E-state index >= 15 is 0 Å². The fourth-order valence-electron chi connectivity index (χ4n) is 1.63.